The predicted molar refractivity (Wildman–Crippen MR) is 83.8 cm³/mol. The largest absolute Gasteiger partial charge is 0.495 e. The van der Waals surface area contributed by atoms with Crippen molar-refractivity contribution < 1.29 is 19.4 Å². The van der Waals surface area contributed by atoms with Gasteiger partial charge in [0, 0.05) is 11.1 Å². The molecule has 0 unspecified atom stereocenters. The van der Waals surface area contributed by atoms with Gasteiger partial charge in [0.15, 0.2) is 0 Å². The minimum absolute atomic E-state index is 0.0599. The van der Waals surface area contributed by atoms with E-state index in [1.165, 1.54) is 7.11 Å². The smallest absolute Gasteiger partial charge is 0.371 e. The van der Waals surface area contributed by atoms with Gasteiger partial charge in [-0.2, -0.15) is 0 Å². The van der Waals surface area contributed by atoms with E-state index in [-0.39, 0.29) is 18.3 Å². The highest BCUT2D eigenvalue weighted by Crippen LogP contribution is 2.39. The SMILES string of the molecule is CCOC(C(=O)O)=C(c1ccc(C)c(Cl)c1OC)C(C)C. The van der Waals surface area contributed by atoms with E-state index in [1.807, 2.05) is 32.9 Å². The van der Waals surface area contributed by atoms with Crippen molar-refractivity contribution in [1.82, 2.24) is 0 Å². The molecule has 1 aromatic carbocycles. The highest BCUT2D eigenvalue weighted by Gasteiger charge is 2.24. The van der Waals surface area contributed by atoms with E-state index in [0.29, 0.717) is 21.9 Å². The van der Waals surface area contributed by atoms with E-state index in [9.17, 15) is 9.90 Å². The highest BCUT2D eigenvalue weighted by molar-refractivity contribution is 6.33. The van der Waals surface area contributed by atoms with E-state index in [2.05, 4.69) is 0 Å². The fraction of sp³-hybridized carbons (Fsp3) is 0.438. The Morgan fingerprint density at radius 2 is 2.00 bits per heavy atom. The van der Waals surface area contributed by atoms with Crippen molar-refractivity contribution in [3.8, 4) is 5.75 Å². The van der Waals surface area contributed by atoms with Gasteiger partial charge in [0.05, 0.1) is 18.7 Å². The molecule has 0 saturated heterocycles. The van der Waals surface area contributed by atoms with E-state index in [4.69, 9.17) is 21.1 Å². The molecule has 0 bridgehead atoms. The Morgan fingerprint density at radius 1 is 1.38 bits per heavy atom. The third-order valence-electron chi connectivity index (χ3n) is 3.09. The summed E-state index contributed by atoms with van der Waals surface area (Å²) < 4.78 is 10.7. The lowest BCUT2D eigenvalue weighted by Crippen LogP contribution is -2.12. The number of methoxy groups -OCH3 is 1. The van der Waals surface area contributed by atoms with E-state index < -0.39 is 5.97 Å². The Kier molecular flexibility index (Phi) is 6.09. The van der Waals surface area contributed by atoms with Crippen molar-refractivity contribution in [2.75, 3.05) is 13.7 Å². The van der Waals surface area contributed by atoms with Crippen molar-refractivity contribution in [3.05, 3.63) is 34.0 Å². The molecule has 0 aliphatic carbocycles. The van der Waals surface area contributed by atoms with Gasteiger partial charge in [-0.05, 0) is 25.3 Å². The number of hydrogen-bond acceptors (Lipinski definition) is 3. The van der Waals surface area contributed by atoms with Crippen molar-refractivity contribution in [2.24, 2.45) is 5.92 Å². The zero-order chi connectivity index (χ0) is 16.2. The van der Waals surface area contributed by atoms with Crippen molar-refractivity contribution >= 4 is 23.1 Å². The van der Waals surface area contributed by atoms with Crippen LogP contribution in [0.5, 0.6) is 5.75 Å². The van der Waals surface area contributed by atoms with E-state index in [1.54, 1.807) is 6.92 Å². The Morgan fingerprint density at radius 3 is 2.43 bits per heavy atom. The zero-order valence-corrected chi connectivity index (χ0v) is 13.7. The highest BCUT2D eigenvalue weighted by atomic mass is 35.5. The molecule has 1 rings (SSSR count). The summed E-state index contributed by atoms with van der Waals surface area (Å²) in [7, 11) is 1.52. The summed E-state index contributed by atoms with van der Waals surface area (Å²) in [6, 6.07) is 3.66. The minimum atomic E-state index is -1.10. The fourth-order valence-electron chi connectivity index (χ4n) is 2.16. The summed E-state index contributed by atoms with van der Waals surface area (Å²) in [5.74, 6) is -0.751. The predicted octanol–water partition coefficient (Wildman–Crippen LogP) is 4.15. The van der Waals surface area contributed by atoms with Crippen LogP contribution in [0, 0.1) is 12.8 Å². The topological polar surface area (TPSA) is 55.8 Å². The molecule has 21 heavy (non-hydrogen) atoms. The fourth-order valence-corrected chi connectivity index (χ4v) is 2.40. The maximum Gasteiger partial charge on any atom is 0.371 e. The lowest BCUT2D eigenvalue weighted by atomic mass is 9.92. The minimum Gasteiger partial charge on any atom is -0.495 e. The van der Waals surface area contributed by atoms with Gasteiger partial charge in [-0.15, -0.1) is 0 Å². The summed E-state index contributed by atoms with van der Waals surface area (Å²) in [5, 5.41) is 9.90. The molecular formula is C16H21ClO4. The summed E-state index contributed by atoms with van der Waals surface area (Å²) in [5.41, 5.74) is 2.09. The summed E-state index contributed by atoms with van der Waals surface area (Å²) in [6.45, 7) is 7.71. The second kappa shape index (κ2) is 7.36. The normalized spacial score (nSPS) is 12.1. The molecule has 0 radical (unpaired) electrons. The lowest BCUT2D eigenvalue weighted by Gasteiger charge is -2.20. The average Bonchev–Trinajstić information content (AvgIpc) is 2.41. The van der Waals surface area contributed by atoms with Gasteiger partial charge >= 0.3 is 5.97 Å². The van der Waals surface area contributed by atoms with Crippen LogP contribution in [0.3, 0.4) is 0 Å². The van der Waals surface area contributed by atoms with Gasteiger partial charge in [-0.25, -0.2) is 4.79 Å². The average molecular weight is 313 g/mol. The van der Waals surface area contributed by atoms with Crippen molar-refractivity contribution in [3.63, 3.8) is 0 Å². The molecule has 0 aliphatic heterocycles. The molecule has 116 valence electrons. The summed E-state index contributed by atoms with van der Waals surface area (Å²) in [6.07, 6.45) is 0. The van der Waals surface area contributed by atoms with Gasteiger partial charge in [0.1, 0.15) is 5.75 Å². The maximum atomic E-state index is 11.5. The Hall–Kier alpha value is -1.68. The van der Waals surface area contributed by atoms with Gasteiger partial charge in [0.25, 0.3) is 0 Å². The molecule has 1 aromatic rings. The van der Waals surface area contributed by atoms with Gasteiger partial charge < -0.3 is 14.6 Å². The number of aliphatic carboxylic acids is 1. The van der Waals surface area contributed by atoms with Crippen LogP contribution in [0.2, 0.25) is 5.02 Å². The van der Waals surface area contributed by atoms with Crippen LogP contribution in [0.4, 0.5) is 0 Å². The van der Waals surface area contributed by atoms with E-state index >= 15 is 0 Å². The van der Waals surface area contributed by atoms with Crippen LogP contribution >= 0.6 is 11.6 Å². The van der Waals surface area contributed by atoms with Crippen LogP contribution in [0.25, 0.3) is 5.57 Å². The molecule has 0 aliphatic rings. The number of carboxylic acid groups (broad SMARTS) is 1. The van der Waals surface area contributed by atoms with Crippen LogP contribution in [0.1, 0.15) is 31.9 Å². The van der Waals surface area contributed by atoms with Crippen LogP contribution in [0.15, 0.2) is 17.9 Å². The molecular weight excluding hydrogens is 292 g/mol. The quantitative estimate of drug-likeness (QED) is 0.633. The molecule has 0 heterocycles. The van der Waals surface area contributed by atoms with Gasteiger partial charge in [0.2, 0.25) is 5.76 Å². The van der Waals surface area contributed by atoms with Crippen LogP contribution in [-0.4, -0.2) is 24.8 Å². The molecule has 0 aromatic heterocycles. The lowest BCUT2D eigenvalue weighted by molar-refractivity contribution is -0.136. The first-order valence-electron chi connectivity index (χ1n) is 6.78. The molecule has 5 heteroatoms. The molecule has 1 N–H and O–H groups in total. The number of rotatable bonds is 6. The van der Waals surface area contributed by atoms with Crippen molar-refractivity contribution in [2.45, 2.75) is 27.7 Å². The summed E-state index contributed by atoms with van der Waals surface area (Å²) >= 11 is 6.27. The monoisotopic (exact) mass is 312 g/mol. The first-order valence-corrected chi connectivity index (χ1v) is 7.16. The van der Waals surface area contributed by atoms with Crippen molar-refractivity contribution in [1.29, 1.82) is 0 Å². The second-order valence-corrected chi connectivity index (χ2v) is 5.29. The molecule has 0 fully saturated rings. The standard InChI is InChI=1S/C16H21ClO4/c1-6-21-15(16(18)19)12(9(2)3)11-8-7-10(4)13(17)14(11)20-5/h7-9H,6H2,1-5H3,(H,18,19). The third kappa shape index (κ3) is 3.70. The van der Waals surface area contributed by atoms with Gasteiger partial charge in [-0.1, -0.05) is 37.6 Å². The molecule has 4 nitrogen and oxygen atoms in total. The number of allylic oxidation sites excluding steroid dienone is 1. The maximum absolute atomic E-state index is 11.5. The molecule has 0 amide bonds. The Bertz CT molecular complexity index is 562. The molecule has 0 atom stereocenters. The third-order valence-corrected chi connectivity index (χ3v) is 3.56. The number of benzene rings is 1. The number of aryl methyl sites for hydroxylation is 1. The molecule has 0 saturated carbocycles. The van der Waals surface area contributed by atoms with Crippen LogP contribution < -0.4 is 4.74 Å². The number of halogens is 1. The summed E-state index contributed by atoms with van der Waals surface area (Å²) in [4.78, 5) is 11.5. The first-order chi connectivity index (χ1) is 9.84. The Labute approximate surface area is 130 Å². The van der Waals surface area contributed by atoms with Gasteiger partial charge in [-0.3, -0.25) is 0 Å². The zero-order valence-electron chi connectivity index (χ0n) is 13.0. The van der Waals surface area contributed by atoms with Crippen LogP contribution in [-0.2, 0) is 9.53 Å². The Balaban J connectivity index is 3.67. The number of carbonyl (C=O) groups is 1. The van der Waals surface area contributed by atoms with E-state index in [0.717, 1.165) is 5.56 Å². The molecule has 0 spiro atoms. The first kappa shape index (κ1) is 17.4. The number of carboxylic acids is 1. The number of ether oxygens (including phenoxy) is 2. The number of hydrogen-bond donors (Lipinski definition) is 1. The second-order valence-electron chi connectivity index (χ2n) is 4.91.